The van der Waals surface area contributed by atoms with Crippen LogP contribution in [-0.4, -0.2) is 68.1 Å². The molecule has 8 heteroatoms. The fourth-order valence-corrected chi connectivity index (χ4v) is 3.95. The van der Waals surface area contributed by atoms with Gasteiger partial charge in [-0.05, 0) is 38.4 Å². The van der Waals surface area contributed by atoms with E-state index >= 15 is 0 Å². The van der Waals surface area contributed by atoms with Crippen LogP contribution in [-0.2, 0) is 4.79 Å². The molecule has 2 atom stereocenters. The van der Waals surface area contributed by atoms with Gasteiger partial charge in [0.15, 0.2) is 0 Å². The van der Waals surface area contributed by atoms with Crippen molar-refractivity contribution in [3.05, 3.63) is 35.9 Å². The molecule has 3 rings (SSSR count). The SMILES string of the molecule is CN1CCN(CCCNC(=O)CC2CCCN2)C(c2ccccc2)C1.Cl.Cl.Cl. The number of likely N-dealkylation sites (N-methyl/N-ethyl adjacent to an activating group) is 1. The lowest BCUT2D eigenvalue weighted by Crippen LogP contribution is -2.47. The van der Waals surface area contributed by atoms with E-state index in [-0.39, 0.29) is 43.1 Å². The summed E-state index contributed by atoms with van der Waals surface area (Å²) in [6, 6.07) is 11.6. The zero-order valence-electron chi connectivity index (χ0n) is 16.6. The molecule has 0 spiro atoms. The van der Waals surface area contributed by atoms with Crippen LogP contribution < -0.4 is 10.6 Å². The Kier molecular flexibility index (Phi) is 14.1. The standard InChI is InChI=1S/C20H32N4O.3ClH/c1-23-13-14-24(19(16-23)17-7-3-2-4-8-17)12-6-11-22-20(25)15-18-9-5-10-21-18;;;/h2-4,7-8,18-19,21H,5-6,9-16H2,1H3,(H,22,25);3*1H. The van der Waals surface area contributed by atoms with Gasteiger partial charge in [0.05, 0.1) is 0 Å². The Bertz CT molecular complexity index is 544. The van der Waals surface area contributed by atoms with E-state index in [9.17, 15) is 4.79 Å². The molecule has 2 aliphatic rings. The van der Waals surface area contributed by atoms with Gasteiger partial charge in [-0.3, -0.25) is 9.69 Å². The molecule has 0 radical (unpaired) electrons. The van der Waals surface area contributed by atoms with E-state index in [2.05, 4.69) is 57.8 Å². The lowest BCUT2D eigenvalue weighted by Gasteiger charge is -2.40. The van der Waals surface area contributed by atoms with Crippen molar-refractivity contribution in [3.63, 3.8) is 0 Å². The minimum atomic E-state index is 0. The highest BCUT2D eigenvalue weighted by atomic mass is 35.5. The van der Waals surface area contributed by atoms with Gasteiger partial charge in [-0.25, -0.2) is 0 Å². The maximum atomic E-state index is 12.0. The molecule has 162 valence electrons. The van der Waals surface area contributed by atoms with Gasteiger partial charge in [-0.2, -0.15) is 0 Å². The first-order valence-corrected chi connectivity index (χ1v) is 9.70. The molecule has 5 nitrogen and oxygen atoms in total. The Morgan fingerprint density at radius 1 is 1.18 bits per heavy atom. The van der Waals surface area contributed by atoms with Crippen molar-refractivity contribution >= 4 is 43.1 Å². The highest BCUT2D eigenvalue weighted by Crippen LogP contribution is 2.24. The van der Waals surface area contributed by atoms with Crippen LogP contribution in [0.25, 0.3) is 0 Å². The minimum absolute atomic E-state index is 0. The van der Waals surface area contributed by atoms with Gasteiger partial charge in [-0.1, -0.05) is 30.3 Å². The second kappa shape index (κ2) is 14.4. The molecule has 2 heterocycles. The molecule has 0 saturated carbocycles. The fourth-order valence-electron chi connectivity index (χ4n) is 3.95. The predicted molar refractivity (Wildman–Crippen MR) is 123 cm³/mol. The average molecular weight is 454 g/mol. The zero-order valence-corrected chi connectivity index (χ0v) is 19.1. The molecule has 1 amide bonds. The van der Waals surface area contributed by atoms with Crippen LogP contribution in [0, 0.1) is 0 Å². The first-order valence-electron chi connectivity index (χ1n) is 9.70. The third-order valence-corrected chi connectivity index (χ3v) is 5.42. The van der Waals surface area contributed by atoms with E-state index < -0.39 is 0 Å². The molecule has 28 heavy (non-hydrogen) atoms. The lowest BCUT2D eigenvalue weighted by atomic mass is 10.0. The molecule has 1 aromatic rings. The van der Waals surface area contributed by atoms with Gasteiger partial charge < -0.3 is 15.5 Å². The molecule has 1 aromatic carbocycles. The maximum absolute atomic E-state index is 12.0. The zero-order chi connectivity index (χ0) is 17.5. The molecular weight excluding hydrogens is 419 g/mol. The number of hydrogen-bond donors (Lipinski definition) is 2. The number of piperazine rings is 1. The summed E-state index contributed by atoms with van der Waals surface area (Å²) in [6.07, 6.45) is 3.97. The number of rotatable bonds is 7. The van der Waals surface area contributed by atoms with Crippen molar-refractivity contribution in [1.29, 1.82) is 0 Å². The van der Waals surface area contributed by atoms with E-state index in [1.807, 2.05) is 0 Å². The second-order valence-electron chi connectivity index (χ2n) is 7.43. The van der Waals surface area contributed by atoms with Gasteiger partial charge in [0.1, 0.15) is 0 Å². The Labute approximate surface area is 188 Å². The van der Waals surface area contributed by atoms with Crippen LogP contribution >= 0.6 is 37.2 Å². The van der Waals surface area contributed by atoms with Crippen molar-refractivity contribution in [1.82, 2.24) is 20.4 Å². The van der Waals surface area contributed by atoms with Gasteiger partial charge in [-0.15, -0.1) is 37.2 Å². The highest BCUT2D eigenvalue weighted by molar-refractivity contribution is 5.86. The van der Waals surface area contributed by atoms with Crippen LogP contribution in [0.1, 0.15) is 37.3 Å². The van der Waals surface area contributed by atoms with Crippen molar-refractivity contribution in [2.45, 2.75) is 37.8 Å². The van der Waals surface area contributed by atoms with Crippen LogP contribution in [0.4, 0.5) is 0 Å². The molecule has 0 bridgehead atoms. The van der Waals surface area contributed by atoms with Gasteiger partial charge in [0.2, 0.25) is 5.91 Å². The average Bonchev–Trinajstić information content (AvgIpc) is 3.13. The minimum Gasteiger partial charge on any atom is -0.356 e. The van der Waals surface area contributed by atoms with E-state index in [1.165, 1.54) is 12.0 Å². The molecule has 0 aliphatic carbocycles. The van der Waals surface area contributed by atoms with Crippen LogP contribution in [0.3, 0.4) is 0 Å². The number of nitrogens with zero attached hydrogens (tertiary/aromatic N) is 2. The Morgan fingerprint density at radius 2 is 1.93 bits per heavy atom. The van der Waals surface area contributed by atoms with Crippen molar-refractivity contribution < 1.29 is 4.79 Å². The molecule has 0 aromatic heterocycles. The van der Waals surface area contributed by atoms with Crippen LogP contribution in [0.2, 0.25) is 0 Å². The fraction of sp³-hybridized carbons (Fsp3) is 0.650. The molecule has 2 N–H and O–H groups in total. The largest absolute Gasteiger partial charge is 0.356 e. The third kappa shape index (κ3) is 8.44. The number of halogens is 3. The summed E-state index contributed by atoms with van der Waals surface area (Å²) in [5.41, 5.74) is 1.39. The normalized spacial score (nSPS) is 22.5. The van der Waals surface area contributed by atoms with E-state index in [0.717, 1.165) is 52.1 Å². The van der Waals surface area contributed by atoms with Crippen LogP contribution in [0.5, 0.6) is 0 Å². The van der Waals surface area contributed by atoms with E-state index in [4.69, 9.17) is 0 Å². The van der Waals surface area contributed by atoms with Gasteiger partial charge in [0, 0.05) is 51.2 Å². The van der Waals surface area contributed by atoms with Crippen molar-refractivity contribution in [3.8, 4) is 0 Å². The summed E-state index contributed by atoms with van der Waals surface area (Å²) in [7, 11) is 2.20. The number of benzene rings is 1. The predicted octanol–water partition coefficient (Wildman–Crippen LogP) is 2.89. The third-order valence-electron chi connectivity index (χ3n) is 5.42. The number of hydrogen-bond acceptors (Lipinski definition) is 4. The maximum Gasteiger partial charge on any atom is 0.221 e. The second-order valence-corrected chi connectivity index (χ2v) is 7.43. The quantitative estimate of drug-likeness (QED) is 0.623. The number of amides is 1. The molecule has 2 fully saturated rings. The van der Waals surface area contributed by atoms with E-state index in [1.54, 1.807) is 0 Å². The van der Waals surface area contributed by atoms with Crippen molar-refractivity contribution in [2.24, 2.45) is 0 Å². The smallest absolute Gasteiger partial charge is 0.221 e. The van der Waals surface area contributed by atoms with Gasteiger partial charge in [0.25, 0.3) is 0 Å². The summed E-state index contributed by atoms with van der Waals surface area (Å²) in [6.45, 7) is 6.15. The summed E-state index contributed by atoms with van der Waals surface area (Å²) >= 11 is 0. The first kappa shape index (κ1) is 27.4. The first-order chi connectivity index (χ1) is 12.2. The summed E-state index contributed by atoms with van der Waals surface area (Å²) in [5, 5.41) is 6.48. The monoisotopic (exact) mass is 452 g/mol. The summed E-state index contributed by atoms with van der Waals surface area (Å²) < 4.78 is 0. The number of carbonyl (C=O) groups excluding carboxylic acids is 1. The van der Waals surface area contributed by atoms with E-state index in [0.29, 0.717) is 18.5 Å². The molecule has 2 aliphatic heterocycles. The Balaban J connectivity index is 0.00000243. The molecule has 2 unspecified atom stereocenters. The topological polar surface area (TPSA) is 47.6 Å². The Hall–Kier alpha value is -0.560. The van der Waals surface area contributed by atoms with Gasteiger partial charge >= 0.3 is 0 Å². The Morgan fingerprint density at radius 3 is 2.61 bits per heavy atom. The molecular formula is C20H35Cl3N4O. The molecule has 2 saturated heterocycles. The number of nitrogens with one attached hydrogen (secondary N) is 2. The van der Waals surface area contributed by atoms with Crippen LogP contribution in [0.15, 0.2) is 30.3 Å². The van der Waals surface area contributed by atoms with Crippen molar-refractivity contribution in [2.75, 3.05) is 46.3 Å². The highest BCUT2D eigenvalue weighted by Gasteiger charge is 2.26. The summed E-state index contributed by atoms with van der Waals surface area (Å²) in [5.74, 6) is 0.192. The number of carbonyl (C=O) groups is 1. The lowest BCUT2D eigenvalue weighted by molar-refractivity contribution is -0.121. The summed E-state index contributed by atoms with van der Waals surface area (Å²) in [4.78, 5) is 17.0.